The van der Waals surface area contributed by atoms with Crippen molar-refractivity contribution in [3.63, 3.8) is 0 Å². The lowest BCUT2D eigenvalue weighted by molar-refractivity contribution is 0.213. The smallest absolute Gasteiger partial charge is 0.298 e. The second-order valence-electron chi connectivity index (χ2n) is 9.60. The van der Waals surface area contributed by atoms with E-state index in [2.05, 4.69) is 24.1 Å². The number of benzene rings is 3. The fourth-order valence-corrected chi connectivity index (χ4v) is 6.34. The zero-order valence-corrected chi connectivity index (χ0v) is 20.1. The number of phenolic OH excluding ortho intramolecular Hbond substituents is 1. The summed E-state index contributed by atoms with van der Waals surface area (Å²) >= 11 is 0. The molecule has 7 nitrogen and oxygen atoms in total. The van der Waals surface area contributed by atoms with Gasteiger partial charge in [0, 0.05) is 43.5 Å². The Morgan fingerprint density at radius 2 is 1.79 bits per heavy atom. The first-order valence-electron chi connectivity index (χ1n) is 11.3. The first-order chi connectivity index (χ1) is 16.1. The normalized spacial score (nSPS) is 20.5. The van der Waals surface area contributed by atoms with Gasteiger partial charge in [-0.25, -0.2) is 0 Å². The number of ether oxygens (including phenoxy) is 1. The summed E-state index contributed by atoms with van der Waals surface area (Å²) in [5.74, 6) is -0.415. The lowest BCUT2D eigenvalue weighted by Crippen LogP contribution is -2.37. The Balaban J connectivity index is 1.65. The molecule has 0 radical (unpaired) electrons. The fraction of sp³-hybridized carbons (Fsp3) is 0.308. The highest BCUT2D eigenvalue weighted by molar-refractivity contribution is 7.86. The largest absolute Gasteiger partial charge is 0.503 e. The topological polar surface area (TPSA) is 90.3 Å². The van der Waals surface area contributed by atoms with Gasteiger partial charge in [-0.3, -0.25) is 9.45 Å². The lowest BCUT2D eigenvalue weighted by atomic mass is 9.73. The molecule has 3 aromatic rings. The SMILES string of the molecule is CN(C)c1ccc([C@@H]2Oc3c(O)c(S(=O)(=O)O)cc4c3-c3c2ccc2c3[C@@H](C4)N(C)CC2)cc1. The third-order valence-corrected chi connectivity index (χ3v) is 8.31. The molecule has 0 aromatic heterocycles. The summed E-state index contributed by atoms with van der Waals surface area (Å²) in [6.45, 7) is 0.911. The highest BCUT2D eigenvalue weighted by Gasteiger charge is 2.42. The highest BCUT2D eigenvalue weighted by atomic mass is 32.2. The van der Waals surface area contributed by atoms with Crippen molar-refractivity contribution < 1.29 is 22.8 Å². The number of hydrogen-bond donors (Lipinski definition) is 2. The Bertz CT molecular complexity index is 1450. The van der Waals surface area contributed by atoms with Gasteiger partial charge in [0.05, 0.1) is 0 Å². The molecule has 8 heteroatoms. The summed E-state index contributed by atoms with van der Waals surface area (Å²) in [6, 6.07) is 13.8. The van der Waals surface area contributed by atoms with Gasteiger partial charge in [-0.15, -0.1) is 0 Å². The van der Waals surface area contributed by atoms with E-state index in [9.17, 15) is 18.1 Å². The van der Waals surface area contributed by atoms with Crippen LogP contribution in [0.25, 0.3) is 11.1 Å². The van der Waals surface area contributed by atoms with Crippen LogP contribution in [0.2, 0.25) is 0 Å². The summed E-state index contributed by atoms with van der Waals surface area (Å²) in [5, 5.41) is 11.0. The van der Waals surface area contributed by atoms with Crippen LogP contribution < -0.4 is 9.64 Å². The Labute approximate surface area is 199 Å². The maximum atomic E-state index is 12.1. The third-order valence-electron chi connectivity index (χ3n) is 7.44. The van der Waals surface area contributed by atoms with Crippen molar-refractivity contribution in [3.8, 4) is 22.6 Å². The molecule has 0 unspecified atom stereocenters. The number of aromatic hydroxyl groups is 1. The molecule has 6 rings (SSSR count). The Morgan fingerprint density at radius 1 is 1.06 bits per heavy atom. The van der Waals surface area contributed by atoms with Crippen molar-refractivity contribution in [1.29, 1.82) is 0 Å². The second-order valence-corrected chi connectivity index (χ2v) is 11.0. The standard InChI is InChI=1S/C26H26N2O5S/c1-27(2)17-7-4-15(5-8-17)25-18-9-6-14-10-11-28(3)19-12-16-13-20(34(30,31)32)24(29)26(33-25)22(16)23(18)21(14)19/h4-9,13,19,25,29H,10-12H2,1-3H3,(H,30,31,32)/t19-,25+/m1/s1. The van der Waals surface area contributed by atoms with E-state index in [1.165, 1.54) is 17.2 Å². The summed E-state index contributed by atoms with van der Waals surface area (Å²) in [4.78, 5) is 3.80. The molecule has 3 aliphatic rings. The number of hydrogen-bond acceptors (Lipinski definition) is 6. The molecule has 0 saturated carbocycles. The van der Waals surface area contributed by atoms with Gasteiger partial charge in [-0.2, -0.15) is 8.42 Å². The second kappa shape index (κ2) is 7.21. The van der Waals surface area contributed by atoms with Crippen molar-refractivity contribution in [3.05, 3.63) is 70.3 Å². The summed E-state index contributed by atoms with van der Waals surface area (Å²) < 4.78 is 40.5. The third kappa shape index (κ3) is 2.99. The van der Waals surface area contributed by atoms with Gasteiger partial charge in [-0.1, -0.05) is 24.3 Å². The van der Waals surface area contributed by atoms with Crippen molar-refractivity contribution >= 4 is 15.8 Å². The van der Waals surface area contributed by atoms with E-state index in [4.69, 9.17) is 4.74 Å². The minimum Gasteiger partial charge on any atom is -0.503 e. The van der Waals surface area contributed by atoms with Gasteiger partial charge in [0.25, 0.3) is 10.1 Å². The molecule has 34 heavy (non-hydrogen) atoms. The number of anilines is 1. The molecular formula is C26H26N2O5S. The van der Waals surface area contributed by atoms with E-state index in [1.54, 1.807) is 0 Å². The van der Waals surface area contributed by atoms with E-state index in [0.29, 0.717) is 6.42 Å². The molecule has 176 valence electrons. The van der Waals surface area contributed by atoms with Crippen LogP contribution in [0, 0.1) is 0 Å². The monoisotopic (exact) mass is 478 g/mol. The maximum Gasteiger partial charge on any atom is 0.298 e. The van der Waals surface area contributed by atoms with Gasteiger partial charge in [0.2, 0.25) is 0 Å². The maximum absolute atomic E-state index is 12.1. The average Bonchev–Trinajstić information content (AvgIpc) is 2.80. The average molecular weight is 479 g/mol. The number of nitrogens with zero attached hydrogens (tertiary/aromatic N) is 2. The van der Waals surface area contributed by atoms with Crippen LogP contribution in [0.4, 0.5) is 5.69 Å². The quantitative estimate of drug-likeness (QED) is 0.551. The van der Waals surface area contributed by atoms with Crippen molar-refractivity contribution in [1.82, 2.24) is 4.90 Å². The molecule has 0 saturated heterocycles. The van der Waals surface area contributed by atoms with Gasteiger partial charge in [0.1, 0.15) is 11.0 Å². The number of rotatable bonds is 3. The van der Waals surface area contributed by atoms with E-state index in [-0.39, 0.29) is 11.8 Å². The van der Waals surface area contributed by atoms with Gasteiger partial charge in [-0.05, 0) is 65.9 Å². The Hall–Kier alpha value is -3.07. The summed E-state index contributed by atoms with van der Waals surface area (Å²) in [5.41, 5.74) is 7.98. The van der Waals surface area contributed by atoms with Crippen LogP contribution in [0.1, 0.15) is 40.0 Å². The molecule has 0 spiro atoms. The Kier molecular flexibility index (Phi) is 4.55. The van der Waals surface area contributed by atoms with Crippen LogP contribution in [-0.2, 0) is 23.0 Å². The molecular weight excluding hydrogens is 452 g/mol. The molecule has 0 fully saturated rings. The fourth-order valence-electron chi connectivity index (χ4n) is 5.71. The first kappa shape index (κ1) is 21.5. The number of likely N-dealkylation sites (N-methyl/N-ethyl adjacent to an activating group) is 1. The molecule has 2 aliphatic heterocycles. The van der Waals surface area contributed by atoms with Crippen LogP contribution in [-0.4, -0.2) is 50.7 Å². The first-order valence-corrected chi connectivity index (χ1v) is 12.8. The van der Waals surface area contributed by atoms with Gasteiger partial charge in [0.15, 0.2) is 11.5 Å². The van der Waals surface area contributed by atoms with E-state index < -0.39 is 26.9 Å². The molecule has 2 atom stereocenters. The van der Waals surface area contributed by atoms with Crippen LogP contribution in [0.5, 0.6) is 11.5 Å². The van der Waals surface area contributed by atoms with E-state index in [1.807, 2.05) is 43.3 Å². The molecule has 2 heterocycles. The summed E-state index contributed by atoms with van der Waals surface area (Å²) in [6.07, 6.45) is 0.986. The molecule has 2 N–H and O–H groups in total. The zero-order valence-electron chi connectivity index (χ0n) is 19.2. The lowest BCUT2D eigenvalue weighted by Gasteiger charge is -2.43. The van der Waals surface area contributed by atoms with E-state index in [0.717, 1.165) is 46.5 Å². The molecule has 0 amide bonds. The zero-order chi connectivity index (χ0) is 23.9. The predicted octanol–water partition coefficient (Wildman–Crippen LogP) is 3.94. The Morgan fingerprint density at radius 3 is 2.47 bits per heavy atom. The van der Waals surface area contributed by atoms with Gasteiger partial charge < -0.3 is 14.7 Å². The van der Waals surface area contributed by atoms with Gasteiger partial charge >= 0.3 is 0 Å². The molecule has 0 bridgehead atoms. The van der Waals surface area contributed by atoms with Crippen LogP contribution in [0.15, 0.2) is 47.4 Å². The minimum atomic E-state index is -4.63. The van der Waals surface area contributed by atoms with E-state index >= 15 is 0 Å². The minimum absolute atomic E-state index is 0.0905. The van der Waals surface area contributed by atoms with Crippen molar-refractivity contribution in [2.24, 2.45) is 0 Å². The van der Waals surface area contributed by atoms with Crippen molar-refractivity contribution in [2.45, 2.75) is 29.9 Å². The number of phenols is 1. The van der Waals surface area contributed by atoms with Crippen molar-refractivity contribution in [2.75, 3.05) is 32.6 Å². The predicted molar refractivity (Wildman–Crippen MR) is 129 cm³/mol. The van der Waals surface area contributed by atoms with Crippen LogP contribution in [0.3, 0.4) is 0 Å². The summed E-state index contributed by atoms with van der Waals surface area (Å²) in [7, 11) is 1.40. The van der Waals surface area contributed by atoms with Crippen LogP contribution >= 0.6 is 0 Å². The molecule has 3 aromatic carbocycles. The highest BCUT2D eigenvalue weighted by Crippen LogP contribution is 2.58. The molecule has 1 aliphatic carbocycles.